The molecule has 1 heterocycles. The van der Waals surface area contributed by atoms with E-state index in [1.807, 2.05) is 47.4 Å². The van der Waals surface area contributed by atoms with Gasteiger partial charge in [-0.05, 0) is 54.1 Å². The van der Waals surface area contributed by atoms with Crippen molar-refractivity contribution in [2.24, 2.45) is 0 Å². The number of benzene rings is 3. The first-order valence-electron chi connectivity index (χ1n) is 10.4. The molecule has 6 heteroatoms. The molecule has 3 aromatic carbocycles. The van der Waals surface area contributed by atoms with Crippen molar-refractivity contribution in [1.29, 1.82) is 0 Å². The first-order chi connectivity index (χ1) is 15.1. The molecule has 0 bridgehead atoms. The van der Waals surface area contributed by atoms with Gasteiger partial charge < -0.3 is 14.7 Å². The summed E-state index contributed by atoms with van der Waals surface area (Å²) in [5, 5.41) is 0.673. The van der Waals surface area contributed by atoms with E-state index in [1.54, 1.807) is 12.1 Å². The molecule has 4 rings (SSSR count). The van der Waals surface area contributed by atoms with E-state index in [-0.39, 0.29) is 11.7 Å². The van der Waals surface area contributed by atoms with Gasteiger partial charge in [0.2, 0.25) is 5.91 Å². The third kappa shape index (κ3) is 5.56. The van der Waals surface area contributed by atoms with Crippen molar-refractivity contribution in [1.82, 2.24) is 4.90 Å². The number of piperazine rings is 1. The van der Waals surface area contributed by atoms with Crippen LogP contribution in [0.3, 0.4) is 0 Å². The highest BCUT2D eigenvalue weighted by atomic mass is 35.5. The minimum atomic E-state index is -0.238. The summed E-state index contributed by atoms with van der Waals surface area (Å²) in [6.45, 7) is 3.71. The summed E-state index contributed by atoms with van der Waals surface area (Å²) in [6, 6.07) is 24.2. The number of halogens is 2. The van der Waals surface area contributed by atoms with E-state index in [9.17, 15) is 9.18 Å². The van der Waals surface area contributed by atoms with Gasteiger partial charge in [-0.25, -0.2) is 4.39 Å². The average molecular weight is 438 g/mol. The minimum absolute atomic E-state index is 0.102. The second-order valence-electron chi connectivity index (χ2n) is 7.66. The van der Waals surface area contributed by atoms with Crippen molar-refractivity contribution in [2.45, 2.75) is 6.54 Å². The zero-order valence-electron chi connectivity index (χ0n) is 17.3. The van der Waals surface area contributed by atoms with Gasteiger partial charge in [-0.1, -0.05) is 41.9 Å². The van der Waals surface area contributed by atoms with Gasteiger partial charge in [-0.3, -0.25) is 4.79 Å². The lowest BCUT2D eigenvalue weighted by atomic mass is 10.2. The molecule has 0 atom stereocenters. The summed E-state index contributed by atoms with van der Waals surface area (Å²) >= 11 is 6.06. The summed E-state index contributed by atoms with van der Waals surface area (Å²) in [6.07, 6.45) is 0. The van der Waals surface area contributed by atoms with Crippen LogP contribution in [0.2, 0.25) is 5.02 Å². The molecular weight excluding hydrogens is 413 g/mol. The highest BCUT2D eigenvalue weighted by molar-refractivity contribution is 6.30. The summed E-state index contributed by atoms with van der Waals surface area (Å²) in [5.74, 6) is -0.136. The first kappa shape index (κ1) is 21.2. The van der Waals surface area contributed by atoms with Crippen molar-refractivity contribution >= 4 is 28.9 Å². The largest absolute Gasteiger partial charge is 0.368 e. The molecule has 0 unspecified atom stereocenters. The SMILES string of the molecule is O=C(CN(Cc1ccccc1)c1ccc(Cl)cc1)N1CCN(c2ccc(F)cc2)CC1. The number of carbonyl (C=O) groups is 1. The summed E-state index contributed by atoms with van der Waals surface area (Å²) in [7, 11) is 0. The highest BCUT2D eigenvalue weighted by Gasteiger charge is 2.23. The lowest BCUT2D eigenvalue weighted by Crippen LogP contribution is -2.51. The molecule has 0 spiro atoms. The molecule has 1 aliphatic heterocycles. The van der Waals surface area contributed by atoms with Crippen molar-refractivity contribution in [2.75, 3.05) is 42.5 Å². The van der Waals surface area contributed by atoms with Gasteiger partial charge in [-0.15, -0.1) is 0 Å². The molecule has 3 aromatic rings. The molecule has 160 valence electrons. The van der Waals surface area contributed by atoms with E-state index in [0.29, 0.717) is 31.2 Å². The molecule has 0 N–H and O–H groups in total. The third-order valence-electron chi connectivity index (χ3n) is 5.56. The second-order valence-corrected chi connectivity index (χ2v) is 8.10. The fourth-order valence-corrected chi connectivity index (χ4v) is 3.95. The molecule has 4 nitrogen and oxygen atoms in total. The molecule has 0 radical (unpaired) electrons. The van der Waals surface area contributed by atoms with Crippen LogP contribution in [-0.2, 0) is 11.3 Å². The van der Waals surface area contributed by atoms with Crippen molar-refractivity contribution < 1.29 is 9.18 Å². The molecule has 1 amide bonds. The summed E-state index contributed by atoms with van der Waals surface area (Å²) in [5.41, 5.74) is 3.10. The van der Waals surface area contributed by atoms with Gasteiger partial charge >= 0.3 is 0 Å². The predicted octanol–water partition coefficient (Wildman–Crippen LogP) is 4.83. The Balaban J connectivity index is 1.41. The van der Waals surface area contributed by atoms with Crippen LogP contribution in [0.5, 0.6) is 0 Å². The van der Waals surface area contributed by atoms with E-state index in [1.165, 1.54) is 12.1 Å². The number of anilines is 2. The predicted molar refractivity (Wildman–Crippen MR) is 124 cm³/mol. The van der Waals surface area contributed by atoms with Crippen LogP contribution in [-0.4, -0.2) is 43.5 Å². The quantitative estimate of drug-likeness (QED) is 0.552. The van der Waals surface area contributed by atoms with Crippen LogP contribution in [0, 0.1) is 5.82 Å². The average Bonchev–Trinajstić information content (AvgIpc) is 2.80. The van der Waals surface area contributed by atoms with Gasteiger partial charge in [0.25, 0.3) is 0 Å². The summed E-state index contributed by atoms with van der Waals surface area (Å²) < 4.78 is 13.2. The smallest absolute Gasteiger partial charge is 0.242 e. The molecule has 1 saturated heterocycles. The second kappa shape index (κ2) is 9.84. The van der Waals surface area contributed by atoms with Crippen LogP contribution in [0.4, 0.5) is 15.8 Å². The Morgan fingerprint density at radius 1 is 0.871 bits per heavy atom. The first-order valence-corrected chi connectivity index (χ1v) is 10.8. The lowest BCUT2D eigenvalue weighted by molar-refractivity contribution is -0.130. The Bertz CT molecular complexity index is 988. The van der Waals surface area contributed by atoms with Gasteiger partial charge in [0.15, 0.2) is 0 Å². The van der Waals surface area contributed by atoms with Gasteiger partial charge in [-0.2, -0.15) is 0 Å². The number of carbonyl (C=O) groups excluding carboxylic acids is 1. The molecule has 1 aliphatic rings. The Kier molecular flexibility index (Phi) is 6.73. The Hall–Kier alpha value is -3.05. The molecule has 0 aromatic heterocycles. The van der Waals surface area contributed by atoms with E-state index in [0.717, 1.165) is 30.0 Å². The standard InChI is InChI=1S/C25H25ClFN3O/c26-21-6-10-24(11-7-21)30(18-20-4-2-1-3-5-20)19-25(31)29-16-14-28(15-17-29)23-12-8-22(27)9-13-23/h1-13H,14-19H2. The molecule has 1 fully saturated rings. The number of rotatable bonds is 6. The minimum Gasteiger partial charge on any atom is -0.368 e. The highest BCUT2D eigenvalue weighted by Crippen LogP contribution is 2.21. The molecule has 31 heavy (non-hydrogen) atoms. The maximum atomic E-state index is 13.2. The third-order valence-corrected chi connectivity index (χ3v) is 5.81. The summed E-state index contributed by atoms with van der Waals surface area (Å²) in [4.78, 5) is 19.3. The van der Waals surface area contributed by atoms with E-state index in [4.69, 9.17) is 11.6 Å². The van der Waals surface area contributed by atoms with Crippen LogP contribution in [0.1, 0.15) is 5.56 Å². The monoisotopic (exact) mass is 437 g/mol. The number of hydrogen-bond acceptors (Lipinski definition) is 3. The van der Waals surface area contributed by atoms with Crippen LogP contribution in [0.25, 0.3) is 0 Å². The molecule has 0 saturated carbocycles. The van der Waals surface area contributed by atoms with Gasteiger partial charge in [0, 0.05) is 49.1 Å². The Morgan fingerprint density at radius 3 is 2.16 bits per heavy atom. The maximum Gasteiger partial charge on any atom is 0.242 e. The van der Waals surface area contributed by atoms with E-state index >= 15 is 0 Å². The Labute approximate surface area is 187 Å². The zero-order chi connectivity index (χ0) is 21.6. The van der Waals surface area contributed by atoms with Crippen LogP contribution in [0.15, 0.2) is 78.9 Å². The maximum absolute atomic E-state index is 13.2. The van der Waals surface area contributed by atoms with Crippen molar-refractivity contribution in [3.05, 3.63) is 95.3 Å². The molecular formula is C25H25ClFN3O. The van der Waals surface area contributed by atoms with E-state index in [2.05, 4.69) is 21.9 Å². The zero-order valence-corrected chi connectivity index (χ0v) is 18.0. The number of amides is 1. The molecule has 0 aliphatic carbocycles. The van der Waals surface area contributed by atoms with Crippen molar-refractivity contribution in [3.63, 3.8) is 0 Å². The van der Waals surface area contributed by atoms with Gasteiger partial charge in [0.05, 0.1) is 6.54 Å². The Morgan fingerprint density at radius 2 is 1.52 bits per heavy atom. The fraction of sp³-hybridized carbons (Fsp3) is 0.240. The number of hydrogen-bond donors (Lipinski definition) is 0. The fourth-order valence-electron chi connectivity index (χ4n) is 3.82. The van der Waals surface area contributed by atoms with Crippen LogP contribution >= 0.6 is 11.6 Å². The van der Waals surface area contributed by atoms with Crippen molar-refractivity contribution in [3.8, 4) is 0 Å². The topological polar surface area (TPSA) is 26.8 Å². The van der Waals surface area contributed by atoms with E-state index < -0.39 is 0 Å². The number of nitrogens with zero attached hydrogens (tertiary/aromatic N) is 3. The normalized spacial score (nSPS) is 13.9. The van der Waals surface area contributed by atoms with Gasteiger partial charge in [0.1, 0.15) is 5.82 Å². The van der Waals surface area contributed by atoms with Crippen LogP contribution < -0.4 is 9.80 Å². The lowest BCUT2D eigenvalue weighted by Gasteiger charge is -2.37.